The van der Waals surface area contributed by atoms with Crippen LogP contribution in [0.4, 0.5) is 0 Å². The molecule has 2 aromatic rings. The lowest BCUT2D eigenvalue weighted by Crippen LogP contribution is -2.24. The molecule has 0 N–H and O–H groups in total. The van der Waals surface area contributed by atoms with Crippen molar-refractivity contribution in [2.24, 2.45) is 0 Å². The minimum atomic E-state index is -0.341. The van der Waals surface area contributed by atoms with Gasteiger partial charge in [0.15, 0.2) is 0 Å². The van der Waals surface area contributed by atoms with Gasteiger partial charge in [-0.25, -0.2) is 4.79 Å². The van der Waals surface area contributed by atoms with Gasteiger partial charge in [0.25, 0.3) is 0 Å². The lowest BCUT2D eigenvalue weighted by atomic mass is 10.2. The van der Waals surface area contributed by atoms with Crippen LogP contribution in [0.3, 0.4) is 0 Å². The van der Waals surface area contributed by atoms with Crippen molar-refractivity contribution in [2.45, 2.75) is 19.9 Å². The average molecular weight is 299 g/mol. The van der Waals surface area contributed by atoms with Crippen molar-refractivity contribution < 1.29 is 9.47 Å². The Morgan fingerprint density at radius 2 is 1.90 bits per heavy atom. The molecule has 1 heterocycles. The molecule has 8 heteroatoms. The first-order valence-corrected chi connectivity index (χ1v) is 6.44. The Kier molecular flexibility index (Phi) is 4.29. The van der Waals surface area contributed by atoms with E-state index in [-0.39, 0.29) is 5.69 Å². The molecule has 0 bridgehead atoms. The van der Waals surface area contributed by atoms with Crippen molar-refractivity contribution >= 4 is 11.6 Å². The third-order valence-corrected chi connectivity index (χ3v) is 3.05. The number of tetrazole rings is 1. The van der Waals surface area contributed by atoms with Crippen LogP contribution in [0.1, 0.15) is 13.3 Å². The molecule has 0 radical (unpaired) electrons. The van der Waals surface area contributed by atoms with Crippen molar-refractivity contribution in [3.05, 3.63) is 27.6 Å². The van der Waals surface area contributed by atoms with E-state index in [1.54, 1.807) is 12.1 Å². The van der Waals surface area contributed by atoms with Crippen molar-refractivity contribution in [1.29, 1.82) is 0 Å². The molecule has 1 aromatic heterocycles. The van der Waals surface area contributed by atoms with E-state index in [1.807, 2.05) is 6.92 Å². The maximum atomic E-state index is 12.2. The number of nitrogens with zero attached hydrogens (tertiary/aromatic N) is 4. The average Bonchev–Trinajstić information content (AvgIpc) is 2.80. The fraction of sp³-hybridized carbons (Fsp3) is 0.417. The summed E-state index contributed by atoms with van der Waals surface area (Å²) in [4.78, 5) is 12.2. The van der Waals surface area contributed by atoms with Crippen LogP contribution < -0.4 is 15.2 Å². The van der Waals surface area contributed by atoms with Crippen molar-refractivity contribution in [3.63, 3.8) is 0 Å². The third kappa shape index (κ3) is 2.49. The second-order valence-corrected chi connectivity index (χ2v) is 4.46. The number of ether oxygens (including phenoxy) is 2. The summed E-state index contributed by atoms with van der Waals surface area (Å²) in [5.41, 5.74) is 0.0806. The summed E-state index contributed by atoms with van der Waals surface area (Å²) in [5.74, 6) is 0.887. The molecule has 0 amide bonds. The maximum Gasteiger partial charge on any atom is 0.368 e. The van der Waals surface area contributed by atoms with Crippen LogP contribution in [-0.2, 0) is 6.54 Å². The van der Waals surface area contributed by atoms with E-state index < -0.39 is 0 Å². The molecule has 0 saturated carbocycles. The van der Waals surface area contributed by atoms with Gasteiger partial charge in [-0.15, -0.1) is 0 Å². The van der Waals surface area contributed by atoms with Crippen LogP contribution in [0.25, 0.3) is 5.69 Å². The van der Waals surface area contributed by atoms with Gasteiger partial charge in [0, 0.05) is 12.6 Å². The highest BCUT2D eigenvalue weighted by molar-refractivity contribution is 6.32. The topological polar surface area (TPSA) is 71.2 Å². The number of hydrogen-bond acceptors (Lipinski definition) is 5. The summed E-state index contributed by atoms with van der Waals surface area (Å²) in [6, 6.07) is 3.16. The monoisotopic (exact) mass is 298 g/mol. The Hall–Kier alpha value is -2.02. The van der Waals surface area contributed by atoms with E-state index in [9.17, 15) is 4.79 Å². The number of hydrogen-bond donors (Lipinski definition) is 0. The summed E-state index contributed by atoms with van der Waals surface area (Å²) in [5, 5.41) is 8.03. The maximum absolute atomic E-state index is 12.2. The molecule has 2 rings (SSSR count). The summed E-state index contributed by atoms with van der Waals surface area (Å²) in [6.07, 6.45) is 0.791. The second kappa shape index (κ2) is 5.96. The Bertz CT molecular complexity index is 665. The standard InChI is InChI=1S/C12H15ClN4O3/c1-4-5-16-12(18)17(15-14-16)9-6-8(13)10(19-2)7-11(9)20-3/h6-7H,4-5H2,1-3H3. The number of rotatable bonds is 5. The SMILES string of the molecule is CCCn1nnn(-c2cc(Cl)c(OC)cc2OC)c1=O. The Balaban J connectivity index is 2.57. The van der Waals surface area contributed by atoms with E-state index in [2.05, 4.69) is 10.4 Å². The molecule has 0 saturated heterocycles. The highest BCUT2D eigenvalue weighted by Crippen LogP contribution is 2.33. The lowest BCUT2D eigenvalue weighted by Gasteiger charge is -2.10. The number of aromatic nitrogens is 4. The van der Waals surface area contributed by atoms with E-state index in [0.29, 0.717) is 28.8 Å². The van der Waals surface area contributed by atoms with Gasteiger partial charge in [0.1, 0.15) is 17.2 Å². The summed E-state index contributed by atoms with van der Waals surface area (Å²) in [7, 11) is 3.00. The molecular formula is C12H15ClN4O3. The highest BCUT2D eigenvalue weighted by Gasteiger charge is 2.16. The van der Waals surface area contributed by atoms with Crippen molar-refractivity contribution in [1.82, 2.24) is 19.8 Å². The van der Waals surface area contributed by atoms with E-state index in [0.717, 1.165) is 11.1 Å². The second-order valence-electron chi connectivity index (χ2n) is 4.06. The predicted molar refractivity (Wildman–Crippen MR) is 74.0 cm³/mol. The molecule has 20 heavy (non-hydrogen) atoms. The van der Waals surface area contributed by atoms with Crippen LogP contribution in [-0.4, -0.2) is 34.0 Å². The van der Waals surface area contributed by atoms with Gasteiger partial charge >= 0.3 is 5.69 Å². The van der Waals surface area contributed by atoms with Gasteiger partial charge in [0.2, 0.25) is 0 Å². The summed E-state index contributed by atoms with van der Waals surface area (Å²) >= 11 is 6.08. The highest BCUT2D eigenvalue weighted by atomic mass is 35.5. The van der Waals surface area contributed by atoms with Crippen LogP contribution in [0.5, 0.6) is 11.5 Å². The molecule has 0 spiro atoms. The molecule has 0 aliphatic rings. The number of methoxy groups -OCH3 is 2. The Labute approximate surface area is 120 Å². The molecule has 1 aromatic carbocycles. The van der Waals surface area contributed by atoms with Crippen LogP contribution >= 0.6 is 11.6 Å². The quantitative estimate of drug-likeness (QED) is 0.837. The first kappa shape index (κ1) is 14.4. The molecule has 0 aliphatic heterocycles. The molecule has 0 unspecified atom stereocenters. The van der Waals surface area contributed by atoms with Crippen LogP contribution in [0.15, 0.2) is 16.9 Å². The number of benzene rings is 1. The van der Waals surface area contributed by atoms with Crippen LogP contribution in [0.2, 0.25) is 5.02 Å². The van der Waals surface area contributed by atoms with E-state index in [4.69, 9.17) is 21.1 Å². The first-order chi connectivity index (χ1) is 9.62. The van der Waals surface area contributed by atoms with E-state index in [1.165, 1.54) is 18.9 Å². The van der Waals surface area contributed by atoms with Gasteiger partial charge < -0.3 is 9.47 Å². The van der Waals surface area contributed by atoms with Gasteiger partial charge in [-0.1, -0.05) is 18.5 Å². The zero-order chi connectivity index (χ0) is 14.7. The smallest absolute Gasteiger partial charge is 0.368 e. The Morgan fingerprint density at radius 1 is 1.20 bits per heavy atom. The third-order valence-electron chi connectivity index (χ3n) is 2.76. The summed E-state index contributed by atoms with van der Waals surface area (Å²) < 4.78 is 12.8. The molecule has 0 fully saturated rings. The normalized spacial score (nSPS) is 10.6. The van der Waals surface area contributed by atoms with Gasteiger partial charge in [-0.2, -0.15) is 9.36 Å². The fourth-order valence-electron chi connectivity index (χ4n) is 1.79. The molecule has 0 aliphatic carbocycles. The molecule has 7 nitrogen and oxygen atoms in total. The van der Waals surface area contributed by atoms with Crippen LogP contribution in [0, 0.1) is 0 Å². The van der Waals surface area contributed by atoms with Gasteiger partial charge in [0.05, 0.1) is 19.2 Å². The zero-order valence-corrected chi connectivity index (χ0v) is 12.2. The molecule has 0 atom stereocenters. The van der Waals surface area contributed by atoms with E-state index >= 15 is 0 Å². The minimum absolute atomic E-state index is 0.341. The lowest BCUT2D eigenvalue weighted by molar-refractivity contribution is 0.392. The summed E-state index contributed by atoms with van der Waals surface area (Å²) in [6.45, 7) is 2.46. The Morgan fingerprint density at radius 3 is 2.50 bits per heavy atom. The van der Waals surface area contributed by atoms with Gasteiger partial charge in [-0.05, 0) is 22.9 Å². The largest absolute Gasteiger partial charge is 0.495 e. The zero-order valence-electron chi connectivity index (χ0n) is 11.5. The molecule has 108 valence electrons. The first-order valence-electron chi connectivity index (χ1n) is 6.07. The van der Waals surface area contributed by atoms with Gasteiger partial charge in [-0.3, -0.25) is 0 Å². The predicted octanol–water partition coefficient (Wildman–Crippen LogP) is 1.51. The minimum Gasteiger partial charge on any atom is -0.495 e. The van der Waals surface area contributed by atoms with Crippen molar-refractivity contribution in [3.8, 4) is 17.2 Å². The number of aryl methyl sites for hydroxylation is 1. The molecular weight excluding hydrogens is 284 g/mol. The van der Waals surface area contributed by atoms with Crippen molar-refractivity contribution in [2.75, 3.05) is 14.2 Å². The number of halogens is 1. The fourth-order valence-corrected chi connectivity index (χ4v) is 2.02.